The van der Waals surface area contributed by atoms with Gasteiger partial charge in [0.25, 0.3) is 5.91 Å². The van der Waals surface area contributed by atoms with Gasteiger partial charge in [-0.25, -0.2) is 9.79 Å². The number of hydrogen-bond donors (Lipinski definition) is 2. The number of fused-ring (bicyclic) bond motifs is 1. The summed E-state index contributed by atoms with van der Waals surface area (Å²) < 4.78 is 1.65. The lowest BCUT2D eigenvalue weighted by Crippen LogP contribution is -2.28. The van der Waals surface area contributed by atoms with Gasteiger partial charge in [0.15, 0.2) is 5.17 Å². The minimum absolute atomic E-state index is 0.169. The number of carboxylic acids is 2. The summed E-state index contributed by atoms with van der Waals surface area (Å²) >= 11 is 1.24. The minimum atomic E-state index is -1.02. The zero-order chi connectivity index (χ0) is 25.9. The number of aromatic carboxylic acids is 1. The number of rotatable bonds is 7. The van der Waals surface area contributed by atoms with Crippen molar-refractivity contribution in [2.45, 2.75) is 13.1 Å². The summed E-state index contributed by atoms with van der Waals surface area (Å²) in [5, 5.41) is 19.8. The van der Waals surface area contributed by atoms with E-state index in [1.54, 1.807) is 33.9 Å². The molecule has 0 radical (unpaired) electrons. The molecular formula is C28H21N3O5S. The zero-order valence-corrected chi connectivity index (χ0v) is 20.3. The van der Waals surface area contributed by atoms with E-state index in [0.717, 1.165) is 22.0 Å². The number of nitrogens with zero attached hydrogens (tertiary/aromatic N) is 3. The molecule has 1 aromatic heterocycles. The molecule has 1 amide bonds. The van der Waals surface area contributed by atoms with Crippen LogP contribution in [0.5, 0.6) is 0 Å². The van der Waals surface area contributed by atoms with Crippen LogP contribution in [0.2, 0.25) is 0 Å². The van der Waals surface area contributed by atoms with Crippen LogP contribution >= 0.6 is 11.8 Å². The number of thioether (sulfide) groups is 1. The van der Waals surface area contributed by atoms with Crippen LogP contribution < -0.4 is 0 Å². The maximum absolute atomic E-state index is 13.6. The molecule has 1 aliphatic heterocycles. The molecule has 37 heavy (non-hydrogen) atoms. The van der Waals surface area contributed by atoms with Crippen molar-refractivity contribution in [1.29, 1.82) is 0 Å². The smallest absolute Gasteiger partial charge is 0.335 e. The SMILES string of the molecule is O=C(O)Cn1cc(/C=C2\SC(=Nc3ccccc3)N(Cc3ccc(C(=O)O)cc3)C2=O)c2ccccc21. The van der Waals surface area contributed by atoms with E-state index < -0.39 is 11.9 Å². The minimum Gasteiger partial charge on any atom is -0.480 e. The van der Waals surface area contributed by atoms with Gasteiger partial charge < -0.3 is 14.8 Å². The van der Waals surface area contributed by atoms with Crippen molar-refractivity contribution in [2.24, 2.45) is 4.99 Å². The standard InChI is InChI=1S/C28H21N3O5S/c32-25(33)17-30-16-20(22-8-4-5-9-23(22)30)14-24-26(34)31(15-18-10-12-19(13-11-18)27(35)36)28(37-24)29-21-6-2-1-3-7-21/h1-14,16H,15,17H2,(H,32,33)(H,35,36)/b24-14-,29-28?. The van der Waals surface area contributed by atoms with Gasteiger partial charge in [-0.3, -0.25) is 14.5 Å². The third-order valence-corrected chi connectivity index (χ3v) is 6.83. The molecule has 3 aromatic carbocycles. The molecule has 0 saturated carbocycles. The van der Waals surface area contributed by atoms with E-state index in [-0.39, 0.29) is 24.6 Å². The molecule has 2 heterocycles. The summed E-state index contributed by atoms with van der Waals surface area (Å²) in [6, 6.07) is 23.1. The third-order valence-electron chi connectivity index (χ3n) is 5.82. The lowest BCUT2D eigenvalue weighted by atomic mass is 10.1. The molecule has 184 valence electrons. The Bertz CT molecular complexity index is 1570. The Morgan fingerprint density at radius 3 is 2.32 bits per heavy atom. The Hall–Kier alpha value is -4.63. The Morgan fingerprint density at radius 2 is 1.62 bits per heavy atom. The fourth-order valence-corrected chi connectivity index (χ4v) is 5.08. The normalized spacial score (nSPS) is 15.7. The van der Waals surface area contributed by atoms with E-state index in [0.29, 0.717) is 15.8 Å². The topological polar surface area (TPSA) is 112 Å². The van der Waals surface area contributed by atoms with E-state index in [1.165, 1.54) is 23.9 Å². The van der Waals surface area contributed by atoms with Crippen LogP contribution in [-0.4, -0.2) is 42.7 Å². The van der Waals surface area contributed by atoms with Crippen molar-refractivity contribution >= 4 is 57.4 Å². The van der Waals surface area contributed by atoms with Gasteiger partial charge >= 0.3 is 11.9 Å². The summed E-state index contributed by atoms with van der Waals surface area (Å²) in [5.74, 6) is -2.21. The molecule has 4 aromatic rings. The van der Waals surface area contributed by atoms with Crippen molar-refractivity contribution in [3.8, 4) is 0 Å². The number of aliphatic carboxylic acids is 1. The van der Waals surface area contributed by atoms with Crippen LogP contribution in [0.4, 0.5) is 5.69 Å². The highest BCUT2D eigenvalue weighted by Gasteiger charge is 2.34. The van der Waals surface area contributed by atoms with Crippen LogP contribution in [0, 0.1) is 0 Å². The van der Waals surface area contributed by atoms with Gasteiger partial charge in [-0.2, -0.15) is 0 Å². The first-order chi connectivity index (χ1) is 17.9. The van der Waals surface area contributed by atoms with Crippen molar-refractivity contribution < 1.29 is 24.6 Å². The summed E-state index contributed by atoms with van der Waals surface area (Å²) in [6.07, 6.45) is 3.50. The maximum Gasteiger partial charge on any atom is 0.335 e. The number of hydrogen-bond acceptors (Lipinski definition) is 5. The predicted molar refractivity (Wildman–Crippen MR) is 143 cm³/mol. The number of carbonyl (C=O) groups excluding carboxylic acids is 1. The van der Waals surface area contributed by atoms with Crippen LogP contribution in [0.25, 0.3) is 17.0 Å². The first-order valence-corrected chi connectivity index (χ1v) is 12.2. The van der Waals surface area contributed by atoms with E-state index in [4.69, 9.17) is 4.99 Å². The number of aromatic nitrogens is 1. The summed E-state index contributed by atoms with van der Waals surface area (Å²) in [4.78, 5) is 42.9. The number of para-hydroxylation sites is 2. The average molecular weight is 512 g/mol. The molecule has 8 nitrogen and oxygen atoms in total. The fraction of sp³-hybridized carbons (Fsp3) is 0.0714. The molecule has 0 aliphatic carbocycles. The van der Waals surface area contributed by atoms with Crippen molar-refractivity contribution in [1.82, 2.24) is 9.47 Å². The summed E-state index contributed by atoms with van der Waals surface area (Å²) in [7, 11) is 0. The first kappa shape index (κ1) is 24.1. The zero-order valence-electron chi connectivity index (χ0n) is 19.4. The van der Waals surface area contributed by atoms with Gasteiger partial charge in [-0.05, 0) is 53.7 Å². The molecule has 1 saturated heterocycles. The summed E-state index contributed by atoms with van der Waals surface area (Å²) in [6.45, 7) is 0.0272. The molecule has 5 rings (SSSR count). The number of benzene rings is 3. The molecule has 0 atom stereocenters. The number of carboxylic acid groups (broad SMARTS) is 2. The van der Waals surface area contributed by atoms with Crippen molar-refractivity contribution in [3.63, 3.8) is 0 Å². The lowest BCUT2D eigenvalue weighted by molar-refractivity contribution is -0.137. The van der Waals surface area contributed by atoms with Gasteiger partial charge in [0.1, 0.15) is 6.54 Å². The van der Waals surface area contributed by atoms with Gasteiger partial charge in [0, 0.05) is 22.7 Å². The van der Waals surface area contributed by atoms with Crippen molar-refractivity contribution in [2.75, 3.05) is 0 Å². The molecular weight excluding hydrogens is 490 g/mol. The van der Waals surface area contributed by atoms with Gasteiger partial charge in [-0.1, -0.05) is 48.5 Å². The van der Waals surface area contributed by atoms with E-state index in [2.05, 4.69) is 0 Å². The highest BCUT2D eigenvalue weighted by atomic mass is 32.2. The van der Waals surface area contributed by atoms with E-state index in [9.17, 15) is 24.6 Å². The molecule has 0 bridgehead atoms. The highest BCUT2D eigenvalue weighted by molar-refractivity contribution is 8.18. The number of amides is 1. The monoisotopic (exact) mass is 511 g/mol. The van der Waals surface area contributed by atoms with Crippen molar-refractivity contribution in [3.05, 3.63) is 107 Å². The molecule has 9 heteroatoms. The molecule has 2 N–H and O–H groups in total. The number of aliphatic imine (C=N–C) groups is 1. The average Bonchev–Trinajstić information content (AvgIpc) is 3.37. The molecule has 1 aliphatic rings. The maximum atomic E-state index is 13.6. The van der Waals surface area contributed by atoms with Gasteiger partial charge in [0.2, 0.25) is 0 Å². The van der Waals surface area contributed by atoms with Crippen LogP contribution in [0.1, 0.15) is 21.5 Å². The van der Waals surface area contributed by atoms with E-state index >= 15 is 0 Å². The Balaban J connectivity index is 1.53. The Morgan fingerprint density at radius 1 is 0.919 bits per heavy atom. The molecule has 0 unspecified atom stereocenters. The largest absolute Gasteiger partial charge is 0.480 e. The van der Waals surface area contributed by atoms with Crippen LogP contribution in [-0.2, 0) is 22.7 Å². The highest BCUT2D eigenvalue weighted by Crippen LogP contribution is 2.36. The third kappa shape index (κ3) is 5.17. The quantitative estimate of drug-likeness (QED) is 0.329. The summed E-state index contributed by atoms with van der Waals surface area (Å²) in [5.41, 5.74) is 3.13. The predicted octanol–water partition coefficient (Wildman–Crippen LogP) is 5.23. The molecule has 1 fully saturated rings. The fourth-order valence-electron chi connectivity index (χ4n) is 4.09. The Kier molecular flexibility index (Phi) is 6.61. The van der Waals surface area contributed by atoms with E-state index in [1.807, 2.05) is 54.6 Å². The second-order valence-corrected chi connectivity index (χ2v) is 9.37. The molecule has 0 spiro atoms. The number of carbonyl (C=O) groups is 3. The van der Waals surface area contributed by atoms with Gasteiger partial charge in [-0.15, -0.1) is 0 Å². The second-order valence-electron chi connectivity index (χ2n) is 8.36. The van der Waals surface area contributed by atoms with Crippen LogP contribution in [0.15, 0.2) is 95.0 Å². The lowest BCUT2D eigenvalue weighted by Gasteiger charge is -2.16. The second kappa shape index (κ2) is 10.2. The van der Waals surface area contributed by atoms with Gasteiger partial charge in [0.05, 0.1) is 22.7 Å². The number of amidine groups is 1. The van der Waals surface area contributed by atoms with Crippen LogP contribution in [0.3, 0.4) is 0 Å². The Labute approximate surface area is 216 Å². The first-order valence-electron chi connectivity index (χ1n) is 11.4.